The lowest BCUT2D eigenvalue weighted by Crippen LogP contribution is -2.31. The predicted molar refractivity (Wildman–Crippen MR) is 74.5 cm³/mol. The van der Waals surface area contributed by atoms with Crippen molar-refractivity contribution in [1.82, 2.24) is 5.32 Å². The van der Waals surface area contributed by atoms with Gasteiger partial charge in [0.1, 0.15) is 0 Å². The largest absolute Gasteiger partial charge is 0.310 e. The Labute approximate surface area is 107 Å². The van der Waals surface area contributed by atoms with Crippen LogP contribution in [-0.2, 0) is 17.3 Å². The molecule has 2 nitrogen and oxygen atoms in total. The Balaban J connectivity index is 2.50. The van der Waals surface area contributed by atoms with E-state index in [9.17, 15) is 4.21 Å². The third kappa shape index (κ3) is 4.60. The minimum Gasteiger partial charge on any atom is -0.310 e. The number of hydrogen-bond acceptors (Lipinski definition) is 2. The predicted octanol–water partition coefficient (Wildman–Crippen LogP) is 2.95. The van der Waals surface area contributed by atoms with Gasteiger partial charge in [0.05, 0.1) is 0 Å². The van der Waals surface area contributed by atoms with Crippen molar-refractivity contribution in [1.29, 1.82) is 0 Å². The van der Waals surface area contributed by atoms with Gasteiger partial charge in [-0.15, -0.1) is 0 Å². The molecule has 3 atom stereocenters. The van der Waals surface area contributed by atoms with Crippen molar-refractivity contribution in [2.45, 2.75) is 44.7 Å². The van der Waals surface area contributed by atoms with Crippen molar-refractivity contribution in [2.24, 2.45) is 5.92 Å². The summed E-state index contributed by atoms with van der Waals surface area (Å²) in [5.74, 6) is 0.692. The highest BCUT2D eigenvalue weighted by atomic mass is 32.2. The molecule has 0 aliphatic heterocycles. The van der Waals surface area contributed by atoms with Gasteiger partial charge in [0.25, 0.3) is 0 Å². The van der Waals surface area contributed by atoms with Gasteiger partial charge in [-0.05, 0) is 30.5 Å². The van der Waals surface area contributed by atoms with E-state index in [0.717, 1.165) is 11.4 Å². The van der Waals surface area contributed by atoms with Crippen LogP contribution in [0, 0.1) is 5.92 Å². The second-order valence-electron chi connectivity index (χ2n) is 4.65. The third-order valence-electron chi connectivity index (χ3n) is 3.38. The molecule has 0 radical (unpaired) electrons. The van der Waals surface area contributed by atoms with Crippen LogP contribution in [0.5, 0.6) is 0 Å². The number of rotatable bonds is 6. The molecule has 0 spiro atoms. The standard InChI is InChI=1S/C14H23NOS/c1-5-11(2)12(3)15-10-13-6-8-14(9-7-13)17(4)16/h6-9,11-12,15H,5,10H2,1-4H3. The molecule has 1 N–H and O–H groups in total. The van der Waals surface area contributed by atoms with Crippen LogP contribution in [-0.4, -0.2) is 16.5 Å². The average Bonchev–Trinajstić information content (AvgIpc) is 2.35. The smallest absolute Gasteiger partial charge is 0.0498 e. The summed E-state index contributed by atoms with van der Waals surface area (Å²) in [6.45, 7) is 7.58. The molecule has 0 saturated heterocycles. The molecule has 3 unspecified atom stereocenters. The van der Waals surface area contributed by atoms with Crippen LogP contribution in [0.15, 0.2) is 29.2 Å². The highest BCUT2D eigenvalue weighted by Crippen LogP contribution is 2.10. The summed E-state index contributed by atoms with van der Waals surface area (Å²) in [5, 5.41) is 3.52. The maximum absolute atomic E-state index is 11.2. The SMILES string of the molecule is CCC(C)C(C)NCc1ccc(S(C)=O)cc1. The molecule has 0 aliphatic carbocycles. The Morgan fingerprint density at radius 3 is 2.29 bits per heavy atom. The molecule has 1 rings (SSSR count). The fourth-order valence-corrected chi connectivity index (χ4v) is 2.15. The highest BCUT2D eigenvalue weighted by Gasteiger charge is 2.08. The van der Waals surface area contributed by atoms with E-state index >= 15 is 0 Å². The molecule has 1 aromatic rings. The summed E-state index contributed by atoms with van der Waals surface area (Å²) >= 11 is 0. The molecular weight excluding hydrogens is 230 g/mol. The zero-order valence-corrected chi connectivity index (χ0v) is 12.0. The van der Waals surface area contributed by atoms with Crippen molar-refractivity contribution in [2.75, 3.05) is 6.26 Å². The van der Waals surface area contributed by atoms with E-state index in [2.05, 4.69) is 26.1 Å². The highest BCUT2D eigenvalue weighted by molar-refractivity contribution is 7.84. The van der Waals surface area contributed by atoms with Crippen LogP contribution < -0.4 is 5.32 Å². The average molecular weight is 253 g/mol. The van der Waals surface area contributed by atoms with Gasteiger partial charge < -0.3 is 5.32 Å². The molecule has 0 aliphatic rings. The van der Waals surface area contributed by atoms with Crippen LogP contribution in [0.4, 0.5) is 0 Å². The normalized spacial score (nSPS) is 16.5. The van der Waals surface area contributed by atoms with Gasteiger partial charge in [-0.1, -0.05) is 32.4 Å². The van der Waals surface area contributed by atoms with Gasteiger partial charge in [0, 0.05) is 34.5 Å². The van der Waals surface area contributed by atoms with Gasteiger partial charge in [0.2, 0.25) is 0 Å². The van der Waals surface area contributed by atoms with E-state index < -0.39 is 10.8 Å². The summed E-state index contributed by atoms with van der Waals surface area (Å²) in [5.41, 5.74) is 1.24. The van der Waals surface area contributed by atoms with Gasteiger partial charge in [0.15, 0.2) is 0 Å². The monoisotopic (exact) mass is 253 g/mol. The van der Waals surface area contributed by atoms with Crippen molar-refractivity contribution in [3.8, 4) is 0 Å². The molecule has 0 saturated carbocycles. The summed E-state index contributed by atoms with van der Waals surface area (Å²) in [4.78, 5) is 0.892. The summed E-state index contributed by atoms with van der Waals surface area (Å²) in [7, 11) is -0.879. The number of benzene rings is 1. The van der Waals surface area contributed by atoms with Crippen molar-refractivity contribution < 1.29 is 4.21 Å². The second-order valence-corrected chi connectivity index (χ2v) is 6.03. The Hall–Kier alpha value is -0.670. The summed E-state index contributed by atoms with van der Waals surface area (Å²) in [6, 6.07) is 8.52. The van der Waals surface area contributed by atoms with Crippen LogP contribution >= 0.6 is 0 Å². The Morgan fingerprint density at radius 2 is 1.82 bits per heavy atom. The summed E-state index contributed by atoms with van der Waals surface area (Å²) in [6.07, 6.45) is 2.90. The quantitative estimate of drug-likeness (QED) is 0.844. The molecule has 0 fully saturated rings. The second kappa shape index (κ2) is 6.92. The lowest BCUT2D eigenvalue weighted by Gasteiger charge is -2.19. The Morgan fingerprint density at radius 1 is 1.24 bits per heavy atom. The summed E-state index contributed by atoms with van der Waals surface area (Å²) < 4.78 is 11.2. The zero-order valence-electron chi connectivity index (χ0n) is 11.2. The molecule has 0 amide bonds. The van der Waals surface area contributed by atoms with Crippen molar-refractivity contribution >= 4 is 10.8 Å². The molecule has 3 heteroatoms. The van der Waals surface area contributed by atoms with Crippen molar-refractivity contribution in [3.05, 3.63) is 29.8 Å². The number of hydrogen-bond donors (Lipinski definition) is 1. The lowest BCUT2D eigenvalue weighted by molar-refractivity contribution is 0.389. The first-order chi connectivity index (χ1) is 8.04. The van der Waals surface area contributed by atoms with E-state index in [1.165, 1.54) is 12.0 Å². The van der Waals surface area contributed by atoms with Gasteiger partial charge in [-0.3, -0.25) is 4.21 Å². The molecule has 0 heterocycles. The molecule has 17 heavy (non-hydrogen) atoms. The molecular formula is C14H23NOS. The van der Waals surface area contributed by atoms with Crippen molar-refractivity contribution in [3.63, 3.8) is 0 Å². The first kappa shape index (κ1) is 14.4. The number of nitrogens with one attached hydrogen (secondary N) is 1. The minimum absolute atomic E-state index is 0.528. The first-order valence-corrected chi connectivity index (χ1v) is 7.76. The van der Waals surface area contributed by atoms with E-state index in [1.807, 2.05) is 24.3 Å². The fraction of sp³-hybridized carbons (Fsp3) is 0.571. The van der Waals surface area contributed by atoms with E-state index in [1.54, 1.807) is 6.26 Å². The van der Waals surface area contributed by atoms with E-state index in [4.69, 9.17) is 0 Å². The third-order valence-corrected chi connectivity index (χ3v) is 4.32. The molecule has 0 aromatic heterocycles. The van der Waals surface area contributed by atoms with Crippen LogP contribution in [0.2, 0.25) is 0 Å². The topological polar surface area (TPSA) is 29.1 Å². The maximum atomic E-state index is 11.2. The van der Waals surface area contributed by atoms with Crippen LogP contribution in [0.1, 0.15) is 32.8 Å². The fourth-order valence-electron chi connectivity index (χ4n) is 1.63. The van der Waals surface area contributed by atoms with Gasteiger partial charge >= 0.3 is 0 Å². The van der Waals surface area contributed by atoms with Crippen LogP contribution in [0.25, 0.3) is 0 Å². The zero-order chi connectivity index (χ0) is 12.8. The minimum atomic E-state index is -0.879. The van der Waals surface area contributed by atoms with Gasteiger partial charge in [-0.25, -0.2) is 0 Å². The van der Waals surface area contributed by atoms with Gasteiger partial charge in [-0.2, -0.15) is 0 Å². The Bertz CT molecular complexity index is 361. The first-order valence-electron chi connectivity index (χ1n) is 6.20. The lowest BCUT2D eigenvalue weighted by atomic mass is 10.0. The van der Waals surface area contributed by atoms with E-state index in [-0.39, 0.29) is 0 Å². The van der Waals surface area contributed by atoms with Crippen LogP contribution in [0.3, 0.4) is 0 Å². The maximum Gasteiger partial charge on any atom is 0.0498 e. The Kier molecular flexibility index (Phi) is 5.86. The van der Waals surface area contributed by atoms with E-state index in [0.29, 0.717) is 12.0 Å². The molecule has 0 bridgehead atoms. The molecule has 1 aromatic carbocycles. The molecule has 96 valence electrons.